The van der Waals surface area contributed by atoms with Crippen LogP contribution < -0.4 is 10.5 Å². The second-order valence-corrected chi connectivity index (χ2v) is 7.16. The Morgan fingerprint density at radius 2 is 1.71 bits per heavy atom. The van der Waals surface area contributed by atoms with E-state index >= 15 is 0 Å². The molecule has 1 heterocycles. The molecule has 1 amide bonds. The third-order valence-electron chi connectivity index (χ3n) is 4.26. The lowest BCUT2D eigenvalue weighted by molar-refractivity contribution is -0.136. The van der Waals surface area contributed by atoms with Crippen molar-refractivity contribution < 1.29 is 19.4 Å². The van der Waals surface area contributed by atoms with Gasteiger partial charge in [0.05, 0.1) is 19.2 Å². The fraction of sp³-hybridized carbons (Fsp3) is 0.143. The summed E-state index contributed by atoms with van der Waals surface area (Å²) in [7, 11) is 1.62. The van der Waals surface area contributed by atoms with E-state index in [-0.39, 0.29) is 6.42 Å². The number of carbonyl (C=O) groups excluding carboxylic acids is 1. The summed E-state index contributed by atoms with van der Waals surface area (Å²) in [5, 5.41) is 8.61. The molecule has 0 unspecified atom stereocenters. The molecule has 1 aromatic heterocycles. The summed E-state index contributed by atoms with van der Waals surface area (Å²) in [6.07, 6.45) is 0.449. The Balaban J connectivity index is 2.03. The molecule has 0 saturated heterocycles. The van der Waals surface area contributed by atoms with Crippen molar-refractivity contribution in [2.75, 3.05) is 7.11 Å². The molecule has 0 bridgehead atoms. The maximum Gasteiger partial charge on any atom is 0.303 e. The molecule has 0 spiro atoms. The highest BCUT2D eigenvalue weighted by Gasteiger charge is 2.14. The SMILES string of the molecule is COc1ccc(-c2ccc(CCC(=O)O)n2-c2ccc(SC(N)=O)cc2)cc1. The summed E-state index contributed by atoms with van der Waals surface area (Å²) in [4.78, 5) is 22.9. The third-order valence-corrected chi connectivity index (χ3v) is 4.96. The average molecular weight is 396 g/mol. The molecule has 0 saturated carbocycles. The van der Waals surface area contributed by atoms with Gasteiger partial charge in [-0.25, -0.2) is 0 Å². The Morgan fingerprint density at radius 3 is 2.29 bits per heavy atom. The van der Waals surface area contributed by atoms with Crippen LogP contribution in [0.25, 0.3) is 16.9 Å². The van der Waals surface area contributed by atoms with Gasteiger partial charge in [0.25, 0.3) is 5.24 Å². The van der Waals surface area contributed by atoms with Crippen LogP contribution >= 0.6 is 11.8 Å². The highest BCUT2D eigenvalue weighted by molar-refractivity contribution is 8.13. The van der Waals surface area contributed by atoms with E-state index in [9.17, 15) is 9.59 Å². The van der Waals surface area contributed by atoms with Crippen molar-refractivity contribution in [3.63, 3.8) is 0 Å². The van der Waals surface area contributed by atoms with E-state index in [1.165, 1.54) is 0 Å². The zero-order chi connectivity index (χ0) is 20.1. The third kappa shape index (κ3) is 4.55. The van der Waals surface area contributed by atoms with Crippen molar-refractivity contribution in [1.29, 1.82) is 0 Å². The van der Waals surface area contributed by atoms with Crippen molar-refractivity contribution in [3.05, 3.63) is 66.4 Å². The maximum atomic E-state index is 11.1. The Hall–Kier alpha value is -3.19. The van der Waals surface area contributed by atoms with Crippen LogP contribution in [0.1, 0.15) is 12.1 Å². The number of ether oxygens (including phenoxy) is 1. The van der Waals surface area contributed by atoms with E-state index in [0.29, 0.717) is 6.42 Å². The Bertz CT molecular complexity index is 979. The van der Waals surface area contributed by atoms with Crippen molar-refractivity contribution in [2.24, 2.45) is 5.73 Å². The van der Waals surface area contributed by atoms with E-state index < -0.39 is 11.2 Å². The number of nitrogens with zero attached hydrogens (tertiary/aromatic N) is 1. The number of hydrogen-bond acceptors (Lipinski definition) is 4. The van der Waals surface area contributed by atoms with Crippen LogP contribution in [0.2, 0.25) is 0 Å². The lowest BCUT2D eigenvalue weighted by atomic mass is 10.1. The fourth-order valence-corrected chi connectivity index (χ4v) is 3.48. The number of carboxylic acid groups (broad SMARTS) is 1. The van der Waals surface area contributed by atoms with Crippen LogP contribution in [0.5, 0.6) is 5.75 Å². The molecule has 0 fully saturated rings. The monoisotopic (exact) mass is 396 g/mol. The summed E-state index contributed by atoms with van der Waals surface area (Å²) in [6.45, 7) is 0. The predicted molar refractivity (Wildman–Crippen MR) is 109 cm³/mol. The number of aromatic nitrogens is 1. The molecule has 7 heteroatoms. The fourth-order valence-electron chi connectivity index (χ4n) is 2.98. The lowest BCUT2D eigenvalue weighted by Gasteiger charge is -2.14. The smallest absolute Gasteiger partial charge is 0.303 e. The molecular formula is C21H20N2O4S. The van der Waals surface area contributed by atoms with Crippen LogP contribution in [0.15, 0.2) is 65.6 Å². The number of aliphatic carboxylic acids is 1. The van der Waals surface area contributed by atoms with Crippen LogP contribution in [0.3, 0.4) is 0 Å². The maximum absolute atomic E-state index is 11.1. The molecule has 3 rings (SSSR count). The molecule has 3 N–H and O–H groups in total. The molecule has 28 heavy (non-hydrogen) atoms. The second-order valence-electron chi connectivity index (χ2n) is 6.08. The molecular weight excluding hydrogens is 376 g/mol. The summed E-state index contributed by atoms with van der Waals surface area (Å²) in [5.74, 6) is -0.0762. The lowest BCUT2D eigenvalue weighted by Crippen LogP contribution is -2.05. The second kappa shape index (κ2) is 8.67. The minimum atomic E-state index is -0.841. The molecule has 0 radical (unpaired) electrons. The number of carboxylic acids is 1. The normalized spacial score (nSPS) is 10.6. The topological polar surface area (TPSA) is 94.6 Å². The van der Waals surface area contributed by atoms with Crippen molar-refractivity contribution in [3.8, 4) is 22.7 Å². The van der Waals surface area contributed by atoms with Crippen LogP contribution in [0.4, 0.5) is 4.79 Å². The number of rotatable bonds is 7. The van der Waals surface area contributed by atoms with Crippen LogP contribution in [0, 0.1) is 0 Å². The quantitative estimate of drug-likeness (QED) is 0.579. The van der Waals surface area contributed by atoms with Gasteiger partial charge in [0.2, 0.25) is 0 Å². The molecule has 2 aromatic carbocycles. The molecule has 0 aliphatic rings. The number of methoxy groups -OCH3 is 1. The van der Waals surface area contributed by atoms with Crippen molar-refractivity contribution in [2.45, 2.75) is 17.7 Å². The Labute approximate surface area is 166 Å². The Kier molecular flexibility index (Phi) is 6.06. The standard InChI is InChI=1S/C21H20N2O4S/c1-27-17-8-2-14(3-9-17)19-12-6-16(7-13-20(24)25)23(19)15-4-10-18(11-5-15)28-21(22)26/h2-6,8-12H,7,13H2,1H3,(H2,22,26)(H,24,25). The number of amides is 1. The molecule has 3 aromatic rings. The molecule has 144 valence electrons. The molecule has 0 atom stereocenters. The molecule has 0 aliphatic carbocycles. The van der Waals surface area contributed by atoms with Crippen molar-refractivity contribution >= 4 is 23.0 Å². The predicted octanol–water partition coefficient (Wildman–Crippen LogP) is 4.34. The van der Waals surface area contributed by atoms with Gasteiger partial charge >= 0.3 is 5.97 Å². The van der Waals surface area contributed by atoms with Gasteiger partial charge in [0.1, 0.15) is 5.75 Å². The number of benzene rings is 2. The first-order chi connectivity index (χ1) is 13.5. The van der Waals surface area contributed by atoms with Gasteiger partial charge in [-0.05, 0) is 84.4 Å². The summed E-state index contributed by atoms with van der Waals surface area (Å²) in [5.41, 5.74) is 8.92. The first-order valence-corrected chi connectivity index (χ1v) is 9.44. The average Bonchev–Trinajstić information content (AvgIpc) is 3.10. The number of carbonyl (C=O) groups is 2. The van der Waals surface area contributed by atoms with Gasteiger partial charge in [-0.15, -0.1) is 0 Å². The molecule has 0 aliphatic heterocycles. The first kappa shape index (κ1) is 19.6. The van der Waals surface area contributed by atoms with E-state index in [2.05, 4.69) is 0 Å². The van der Waals surface area contributed by atoms with Gasteiger partial charge in [0.15, 0.2) is 0 Å². The number of thioether (sulfide) groups is 1. The summed E-state index contributed by atoms with van der Waals surface area (Å²) < 4.78 is 7.25. The van der Waals surface area contributed by atoms with E-state index in [1.54, 1.807) is 7.11 Å². The molecule has 6 nitrogen and oxygen atoms in total. The van der Waals surface area contributed by atoms with E-state index in [1.807, 2.05) is 65.2 Å². The number of nitrogens with two attached hydrogens (primary N) is 1. The summed E-state index contributed by atoms with van der Waals surface area (Å²) in [6, 6.07) is 19.0. The van der Waals surface area contributed by atoms with Gasteiger partial charge in [-0.3, -0.25) is 9.59 Å². The van der Waals surface area contributed by atoms with Crippen LogP contribution in [-0.4, -0.2) is 28.0 Å². The first-order valence-electron chi connectivity index (χ1n) is 8.62. The number of hydrogen-bond donors (Lipinski definition) is 2. The zero-order valence-corrected chi connectivity index (χ0v) is 16.1. The minimum Gasteiger partial charge on any atom is -0.497 e. The number of primary amides is 1. The van der Waals surface area contributed by atoms with Crippen LogP contribution in [-0.2, 0) is 11.2 Å². The van der Waals surface area contributed by atoms with Crippen molar-refractivity contribution in [1.82, 2.24) is 4.57 Å². The summed E-state index contributed by atoms with van der Waals surface area (Å²) >= 11 is 0.965. The zero-order valence-electron chi connectivity index (χ0n) is 15.3. The Morgan fingerprint density at radius 1 is 1.04 bits per heavy atom. The minimum absolute atomic E-state index is 0.0433. The van der Waals surface area contributed by atoms with Gasteiger partial charge in [0, 0.05) is 16.3 Å². The highest BCUT2D eigenvalue weighted by Crippen LogP contribution is 2.30. The largest absolute Gasteiger partial charge is 0.497 e. The van der Waals surface area contributed by atoms with Gasteiger partial charge in [-0.1, -0.05) is 0 Å². The van der Waals surface area contributed by atoms with Gasteiger partial charge < -0.3 is 20.1 Å². The number of aryl methyl sites for hydroxylation is 1. The highest BCUT2D eigenvalue weighted by atomic mass is 32.2. The van der Waals surface area contributed by atoms with Gasteiger partial charge in [-0.2, -0.15) is 0 Å². The van der Waals surface area contributed by atoms with E-state index in [4.69, 9.17) is 15.6 Å². The van der Waals surface area contributed by atoms with E-state index in [0.717, 1.165) is 45.0 Å².